The second kappa shape index (κ2) is 8.02. The van der Waals surface area contributed by atoms with Gasteiger partial charge in [-0.3, -0.25) is 4.79 Å². The number of fused-ring (bicyclic) bond motifs is 5. The summed E-state index contributed by atoms with van der Waals surface area (Å²) >= 11 is 0. The predicted molar refractivity (Wildman–Crippen MR) is 118 cm³/mol. The highest BCUT2D eigenvalue weighted by atomic mass is 16.5. The summed E-state index contributed by atoms with van der Waals surface area (Å²) in [5.74, 6) is 3.88. The van der Waals surface area contributed by atoms with Crippen LogP contribution in [0.15, 0.2) is 12.2 Å². The van der Waals surface area contributed by atoms with Crippen LogP contribution < -0.4 is 5.32 Å². The van der Waals surface area contributed by atoms with Crippen LogP contribution in [0, 0.1) is 46.3 Å². The Labute approximate surface area is 178 Å². The van der Waals surface area contributed by atoms with Gasteiger partial charge in [0.05, 0.1) is 13.0 Å². The summed E-state index contributed by atoms with van der Waals surface area (Å²) in [6, 6.07) is 0.532. The van der Waals surface area contributed by atoms with Gasteiger partial charge in [-0.25, -0.2) is 0 Å². The van der Waals surface area contributed by atoms with E-state index in [9.17, 15) is 4.79 Å². The average Bonchev–Trinajstić information content (AvgIpc) is 3.03. The molecule has 0 unspecified atom stereocenters. The summed E-state index contributed by atoms with van der Waals surface area (Å²) in [5, 5.41) is 4.05. The zero-order valence-corrected chi connectivity index (χ0v) is 19.4. The summed E-state index contributed by atoms with van der Waals surface area (Å²) in [5.41, 5.74) is 0.509. The normalized spacial score (nSPS) is 46.1. The van der Waals surface area contributed by atoms with E-state index in [0.29, 0.717) is 17.4 Å². The number of ether oxygens (including phenoxy) is 1. The number of carbonyl (C=O) groups excluding carboxylic acids is 1. The highest BCUT2D eigenvalue weighted by Gasteiger charge is 2.63. The lowest BCUT2D eigenvalue weighted by molar-refractivity contribution is -0.156. The van der Waals surface area contributed by atoms with Gasteiger partial charge in [-0.05, 0) is 98.3 Å². The van der Waals surface area contributed by atoms with Crippen LogP contribution in [0.3, 0.4) is 0 Å². The number of esters is 1. The van der Waals surface area contributed by atoms with E-state index in [-0.39, 0.29) is 17.3 Å². The fourth-order valence-electron chi connectivity index (χ4n) is 8.31. The fraction of sp³-hybridized carbons (Fsp3) is 0.885. The number of nitrogens with one attached hydrogen (secondary N) is 1. The molecule has 0 aromatic heterocycles. The van der Waals surface area contributed by atoms with Gasteiger partial charge in [0.2, 0.25) is 0 Å². The van der Waals surface area contributed by atoms with Crippen molar-refractivity contribution in [1.82, 2.24) is 5.32 Å². The maximum atomic E-state index is 12.7. The topological polar surface area (TPSA) is 38.3 Å². The molecule has 8 atom stereocenters. The Morgan fingerprint density at radius 2 is 1.93 bits per heavy atom. The van der Waals surface area contributed by atoms with E-state index in [0.717, 1.165) is 43.1 Å². The minimum absolute atomic E-state index is 0.0369. The first-order valence-corrected chi connectivity index (χ1v) is 12.3. The predicted octanol–water partition coefficient (Wildman–Crippen LogP) is 5.60. The first-order chi connectivity index (χ1) is 13.8. The van der Waals surface area contributed by atoms with Gasteiger partial charge in [0.1, 0.15) is 0 Å². The van der Waals surface area contributed by atoms with Gasteiger partial charge in [0.25, 0.3) is 0 Å². The van der Waals surface area contributed by atoms with E-state index in [2.05, 4.69) is 45.2 Å². The van der Waals surface area contributed by atoms with Crippen LogP contribution in [-0.2, 0) is 9.53 Å². The number of rotatable bonds is 5. The zero-order chi connectivity index (χ0) is 20.8. The van der Waals surface area contributed by atoms with Gasteiger partial charge in [0.15, 0.2) is 0 Å². The molecule has 0 aromatic rings. The molecule has 29 heavy (non-hydrogen) atoms. The Morgan fingerprint density at radius 3 is 2.66 bits per heavy atom. The lowest BCUT2D eigenvalue weighted by atomic mass is 9.44. The molecule has 0 saturated heterocycles. The summed E-state index contributed by atoms with van der Waals surface area (Å²) in [6.45, 7) is 10.8. The van der Waals surface area contributed by atoms with Gasteiger partial charge in [-0.15, -0.1) is 0 Å². The molecule has 0 aliphatic heterocycles. The lowest BCUT2D eigenvalue weighted by Gasteiger charge is -2.62. The van der Waals surface area contributed by atoms with Crippen molar-refractivity contribution < 1.29 is 9.53 Å². The molecule has 4 rings (SSSR count). The van der Waals surface area contributed by atoms with Gasteiger partial charge in [-0.1, -0.05) is 39.8 Å². The number of methoxy groups -OCH3 is 1. The Kier molecular flexibility index (Phi) is 5.92. The van der Waals surface area contributed by atoms with E-state index in [4.69, 9.17) is 4.74 Å². The van der Waals surface area contributed by atoms with Crippen LogP contribution in [0.4, 0.5) is 0 Å². The van der Waals surface area contributed by atoms with Crippen molar-refractivity contribution in [3.63, 3.8) is 0 Å². The Hall–Kier alpha value is -0.830. The summed E-state index contributed by atoms with van der Waals surface area (Å²) in [6.07, 6.45) is 14.7. The van der Waals surface area contributed by atoms with Crippen LogP contribution in [0.25, 0.3) is 0 Å². The van der Waals surface area contributed by atoms with Crippen LogP contribution in [0.1, 0.15) is 79.1 Å². The highest BCUT2D eigenvalue weighted by molar-refractivity contribution is 5.74. The third kappa shape index (κ3) is 3.50. The average molecular weight is 402 g/mol. The van der Waals surface area contributed by atoms with E-state index in [1.165, 1.54) is 38.5 Å². The molecule has 164 valence electrons. The molecule has 3 nitrogen and oxygen atoms in total. The van der Waals surface area contributed by atoms with Gasteiger partial charge < -0.3 is 10.1 Å². The summed E-state index contributed by atoms with van der Waals surface area (Å²) in [7, 11) is 1.57. The maximum Gasteiger partial charge on any atom is 0.309 e. The number of hydrogen-bond donors (Lipinski definition) is 1. The summed E-state index contributed by atoms with van der Waals surface area (Å²) < 4.78 is 5.27. The molecule has 0 amide bonds. The van der Waals surface area contributed by atoms with E-state index in [1.54, 1.807) is 7.11 Å². The largest absolute Gasteiger partial charge is 0.469 e. The van der Waals surface area contributed by atoms with Crippen molar-refractivity contribution in [3.05, 3.63) is 12.2 Å². The molecule has 0 spiro atoms. The second-order valence-corrected chi connectivity index (χ2v) is 11.6. The molecule has 0 heterocycles. The quantitative estimate of drug-likeness (QED) is 0.481. The van der Waals surface area contributed by atoms with Crippen LogP contribution >= 0.6 is 0 Å². The SMILES string of the molecule is COC(=O)[C@H]1CC[C@H]2[C@@H]3CC[C@H]4CC=CC[C@]4(C)[C@H]3[C@H](NCCC(C)C)C[C@]12C. The molecular weight excluding hydrogens is 358 g/mol. The lowest BCUT2D eigenvalue weighted by Crippen LogP contribution is -2.61. The smallest absolute Gasteiger partial charge is 0.309 e. The summed E-state index contributed by atoms with van der Waals surface area (Å²) in [4.78, 5) is 12.7. The van der Waals surface area contributed by atoms with Crippen molar-refractivity contribution in [2.45, 2.75) is 85.1 Å². The fourth-order valence-corrected chi connectivity index (χ4v) is 8.31. The number of allylic oxidation sites excluding steroid dienone is 2. The van der Waals surface area contributed by atoms with Crippen molar-refractivity contribution in [2.75, 3.05) is 13.7 Å². The molecule has 3 heteroatoms. The third-order valence-corrected chi connectivity index (χ3v) is 9.78. The molecule has 3 saturated carbocycles. The highest BCUT2D eigenvalue weighted by Crippen LogP contribution is 2.67. The Morgan fingerprint density at radius 1 is 1.14 bits per heavy atom. The molecule has 0 aromatic carbocycles. The first-order valence-electron chi connectivity index (χ1n) is 12.3. The molecule has 0 radical (unpaired) electrons. The van der Waals surface area contributed by atoms with Crippen LogP contribution in [-0.4, -0.2) is 25.7 Å². The standard InChI is InChI=1S/C26H43NO2/c1-17(2)13-15-27-22-16-26(4)20(11-12-21(26)24(28)29-5)19-10-9-18-8-6-7-14-25(18,3)23(19)22/h6-7,17-23,27H,8-16H2,1-5H3/t18-,19+,20+,21-,22-,23-,25+,26+/m1/s1. The molecule has 4 aliphatic carbocycles. The Balaban J connectivity index is 1.66. The molecule has 1 N–H and O–H groups in total. The third-order valence-electron chi connectivity index (χ3n) is 9.78. The molecular formula is C26H43NO2. The molecule has 0 bridgehead atoms. The number of hydrogen-bond acceptors (Lipinski definition) is 3. The zero-order valence-electron chi connectivity index (χ0n) is 19.4. The maximum absolute atomic E-state index is 12.7. The van der Waals surface area contributed by atoms with E-state index < -0.39 is 0 Å². The minimum atomic E-state index is 0.0369. The van der Waals surface area contributed by atoms with Crippen molar-refractivity contribution in [1.29, 1.82) is 0 Å². The monoisotopic (exact) mass is 401 g/mol. The second-order valence-electron chi connectivity index (χ2n) is 11.6. The van der Waals surface area contributed by atoms with Crippen molar-refractivity contribution in [2.24, 2.45) is 46.3 Å². The van der Waals surface area contributed by atoms with E-state index in [1.807, 2.05) is 0 Å². The first kappa shape index (κ1) is 21.4. The van der Waals surface area contributed by atoms with Gasteiger partial charge in [0, 0.05) is 6.04 Å². The van der Waals surface area contributed by atoms with Crippen LogP contribution in [0.5, 0.6) is 0 Å². The Bertz CT molecular complexity index is 643. The number of carbonyl (C=O) groups is 1. The van der Waals surface area contributed by atoms with Crippen LogP contribution in [0.2, 0.25) is 0 Å². The van der Waals surface area contributed by atoms with Gasteiger partial charge in [-0.2, -0.15) is 0 Å². The van der Waals surface area contributed by atoms with E-state index >= 15 is 0 Å². The minimum Gasteiger partial charge on any atom is -0.469 e. The van der Waals surface area contributed by atoms with Crippen molar-refractivity contribution in [3.8, 4) is 0 Å². The van der Waals surface area contributed by atoms with Crippen molar-refractivity contribution >= 4 is 5.97 Å². The molecule has 4 aliphatic rings. The molecule has 3 fully saturated rings. The van der Waals surface area contributed by atoms with Gasteiger partial charge >= 0.3 is 5.97 Å².